The van der Waals surface area contributed by atoms with Gasteiger partial charge in [0.25, 0.3) is 5.91 Å². The molecule has 0 bridgehead atoms. The Kier molecular flexibility index (Phi) is 5.20. The Bertz CT molecular complexity index is 1120. The van der Waals surface area contributed by atoms with Crippen LogP contribution < -0.4 is 4.90 Å². The third kappa shape index (κ3) is 3.88. The van der Waals surface area contributed by atoms with Crippen molar-refractivity contribution in [2.45, 2.75) is 6.54 Å². The highest BCUT2D eigenvalue weighted by atomic mass is 79.9. The molecule has 0 unspecified atom stereocenters. The van der Waals surface area contributed by atoms with E-state index in [-0.39, 0.29) is 5.91 Å². The van der Waals surface area contributed by atoms with E-state index in [2.05, 4.69) is 25.9 Å². The molecular weight excluding hydrogens is 446 g/mol. The highest BCUT2D eigenvalue weighted by Gasteiger charge is 2.23. The number of carbonyl (C=O) groups excluding carboxylic acids is 1. The molecule has 134 valence electrons. The Hall–Kier alpha value is -2.28. The van der Waals surface area contributed by atoms with Crippen molar-refractivity contribution in [2.24, 2.45) is 0 Å². The van der Waals surface area contributed by atoms with Crippen molar-refractivity contribution in [3.05, 3.63) is 87.6 Å². The number of rotatable bonds is 4. The topological polar surface area (TPSA) is 46.1 Å². The van der Waals surface area contributed by atoms with Crippen LogP contribution in [0.4, 0.5) is 5.13 Å². The zero-order chi connectivity index (χ0) is 18.8. The minimum absolute atomic E-state index is 0.192. The summed E-state index contributed by atoms with van der Waals surface area (Å²) in [5.74, 6) is -0.192. The van der Waals surface area contributed by atoms with Crippen LogP contribution in [0.25, 0.3) is 10.2 Å². The Morgan fingerprint density at radius 1 is 1.15 bits per heavy atom. The fourth-order valence-corrected chi connectivity index (χ4v) is 4.41. The fraction of sp³-hybridized carbons (Fsp3) is 0.0500. The zero-order valence-corrected chi connectivity index (χ0v) is 17.1. The number of hydrogen-bond donors (Lipinski definition) is 0. The number of hydrogen-bond acceptors (Lipinski definition) is 4. The number of benzene rings is 2. The minimum atomic E-state index is -0.192. The second-order valence-electron chi connectivity index (χ2n) is 5.84. The predicted molar refractivity (Wildman–Crippen MR) is 114 cm³/mol. The number of thiazole rings is 1. The van der Waals surface area contributed by atoms with Gasteiger partial charge in [-0.2, -0.15) is 0 Å². The summed E-state index contributed by atoms with van der Waals surface area (Å²) in [5, 5.41) is 1.04. The summed E-state index contributed by atoms with van der Waals surface area (Å²) in [6.45, 7) is 0.360. The third-order valence-electron chi connectivity index (χ3n) is 3.98. The molecule has 0 saturated heterocycles. The van der Waals surface area contributed by atoms with Crippen molar-refractivity contribution in [1.82, 2.24) is 9.97 Å². The van der Waals surface area contributed by atoms with E-state index in [1.165, 1.54) is 11.3 Å². The lowest BCUT2D eigenvalue weighted by Gasteiger charge is -2.20. The van der Waals surface area contributed by atoms with E-state index in [0.717, 1.165) is 20.3 Å². The highest BCUT2D eigenvalue weighted by molar-refractivity contribution is 9.10. The second-order valence-corrected chi connectivity index (χ2v) is 8.17. The molecule has 4 aromatic rings. The van der Waals surface area contributed by atoms with Gasteiger partial charge in [0, 0.05) is 16.9 Å². The van der Waals surface area contributed by atoms with Crippen molar-refractivity contribution in [1.29, 1.82) is 0 Å². The molecule has 0 saturated carbocycles. The molecule has 0 aliphatic carbocycles. The monoisotopic (exact) mass is 457 g/mol. The maximum atomic E-state index is 13.3. The molecule has 4 nitrogen and oxygen atoms in total. The Balaban J connectivity index is 1.79. The lowest BCUT2D eigenvalue weighted by molar-refractivity contribution is 0.0985. The molecule has 2 heterocycles. The molecule has 27 heavy (non-hydrogen) atoms. The molecule has 0 N–H and O–H groups in total. The Morgan fingerprint density at radius 3 is 2.78 bits per heavy atom. The standard InChI is InChI=1S/C20H13BrClN3OS/c21-14-7-8-17-18(10-14)27-20(24-17)25(12-13-4-3-9-23-11-13)19(26)15-5-1-2-6-16(15)22/h1-11H,12H2. The van der Waals surface area contributed by atoms with Gasteiger partial charge in [-0.3, -0.25) is 14.7 Å². The van der Waals surface area contributed by atoms with Gasteiger partial charge in [0.05, 0.1) is 27.3 Å². The SMILES string of the molecule is O=C(c1ccccc1Cl)N(Cc1cccnc1)c1nc2ccc(Br)cc2s1. The molecule has 0 fully saturated rings. The lowest BCUT2D eigenvalue weighted by Crippen LogP contribution is -2.30. The summed E-state index contributed by atoms with van der Waals surface area (Å²) in [7, 11) is 0. The third-order valence-corrected chi connectivity index (χ3v) is 5.85. The number of amides is 1. The van der Waals surface area contributed by atoms with E-state index in [4.69, 9.17) is 11.6 Å². The van der Waals surface area contributed by atoms with Gasteiger partial charge in [-0.25, -0.2) is 4.98 Å². The number of nitrogens with zero attached hydrogens (tertiary/aromatic N) is 3. The van der Waals surface area contributed by atoms with Crippen molar-refractivity contribution < 1.29 is 4.79 Å². The van der Waals surface area contributed by atoms with Crippen LogP contribution in [0.5, 0.6) is 0 Å². The summed E-state index contributed by atoms with van der Waals surface area (Å²) < 4.78 is 1.98. The number of fused-ring (bicyclic) bond motifs is 1. The molecular formula is C20H13BrClN3OS. The molecule has 7 heteroatoms. The van der Waals surface area contributed by atoms with E-state index < -0.39 is 0 Å². The van der Waals surface area contributed by atoms with Crippen LogP contribution in [0.1, 0.15) is 15.9 Å². The number of halogens is 2. The van der Waals surface area contributed by atoms with Gasteiger partial charge >= 0.3 is 0 Å². The highest BCUT2D eigenvalue weighted by Crippen LogP contribution is 2.33. The Morgan fingerprint density at radius 2 is 2.00 bits per heavy atom. The molecule has 2 aromatic heterocycles. The maximum Gasteiger partial charge on any atom is 0.261 e. The molecule has 2 aromatic carbocycles. The zero-order valence-electron chi connectivity index (χ0n) is 14.0. The van der Waals surface area contributed by atoms with Crippen LogP contribution in [0.3, 0.4) is 0 Å². The van der Waals surface area contributed by atoms with Gasteiger partial charge in [0.2, 0.25) is 0 Å². The van der Waals surface area contributed by atoms with Gasteiger partial charge in [0.1, 0.15) is 0 Å². The van der Waals surface area contributed by atoms with Gasteiger partial charge in [-0.05, 0) is 42.0 Å². The summed E-state index contributed by atoms with van der Waals surface area (Å²) in [6.07, 6.45) is 3.45. The molecule has 0 atom stereocenters. The van der Waals surface area contributed by atoms with Crippen molar-refractivity contribution in [3.63, 3.8) is 0 Å². The summed E-state index contributed by atoms with van der Waals surface area (Å²) in [5.41, 5.74) is 2.21. The lowest BCUT2D eigenvalue weighted by atomic mass is 10.2. The average Bonchev–Trinajstić information content (AvgIpc) is 3.09. The van der Waals surface area contributed by atoms with E-state index in [1.807, 2.05) is 30.3 Å². The molecule has 0 aliphatic rings. The average molecular weight is 459 g/mol. The van der Waals surface area contributed by atoms with Crippen molar-refractivity contribution >= 4 is 60.1 Å². The summed E-state index contributed by atoms with van der Waals surface area (Å²) >= 11 is 11.2. The fourth-order valence-electron chi connectivity index (χ4n) is 2.68. The molecule has 0 radical (unpaired) electrons. The van der Waals surface area contributed by atoms with Gasteiger partial charge < -0.3 is 0 Å². The smallest absolute Gasteiger partial charge is 0.261 e. The molecule has 4 rings (SSSR count). The first-order chi connectivity index (χ1) is 13.1. The quantitative estimate of drug-likeness (QED) is 0.379. The van der Waals surface area contributed by atoms with Crippen LogP contribution in [0.15, 0.2) is 71.5 Å². The van der Waals surface area contributed by atoms with Crippen molar-refractivity contribution in [2.75, 3.05) is 4.90 Å². The first-order valence-corrected chi connectivity index (χ1v) is 10.1. The number of carbonyl (C=O) groups is 1. The second kappa shape index (κ2) is 7.76. The first kappa shape index (κ1) is 18.1. The molecule has 0 spiro atoms. The summed E-state index contributed by atoms with van der Waals surface area (Å²) in [4.78, 5) is 23.8. The van der Waals surface area contributed by atoms with E-state index in [9.17, 15) is 4.79 Å². The van der Waals surface area contributed by atoms with Crippen LogP contribution in [-0.2, 0) is 6.54 Å². The van der Waals surface area contributed by atoms with Crippen LogP contribution in [0.2, 0.25) is 5.02 Å². The number of aromatic nitrogens is 2. The number of anilines is 1. The van der Waals surface area contributed by atoms with Gasteiger partial charge in [-0.1, -0.05) is 57.1 Å². The van der Waals surface area contributed by atoms with Crippen LogP contribution >= 0.6 is 38.9 Å². The molecule has 0 aliphatic heterocycles. The maximum absolute atomic E-state index is 13.3. The number of pyridine rings is 1. The van der Waals surface area contributed by atoms with Crippen molar-refractivity contribution in [3.8, 4) is 0 Å². The van der Waals surface area contributed by atoms with Gasteiger partial charge in [-0.15, -0.1) is 0 Å². The predicted octanol–water partition coefficient (Wildman–Crippen LogP) is 5.95. The minimum Gasteiger partial charge on any atom is -0.279 e. The van der Waals surface area contributed by atoms with Gasteiger partial charge in [0.15, 0.2) is 5.13 Å². The van der Waals surface area contributed by atoms with E-state index in [1.54, 1.807) is 41.6 Å². The van der Waals surface area contributed by atoms with Crippen LogP contribution in [-0.4, -0.2) is 15.9 Å². The van der Waals surface area contributed by atoms with E-state index in [0.29, 0.717) is 22.3 Å². The largest absolute Gasteiger partial charge is 0.279 e. The van der Waals surface area contributed by atoms with E-state index >= 15 is 0 Å². The van der Waals surface area contributed by atoms with Crippen LogP contribution in [0, 0.1) is 0 Å². The Labute approximate surface area is 173 Å². The normalized spacial score (nSPS) is 10.9. The first-order valence-electron chi connectivity index (χ1n) is 8.13. The summed E-state index contributed by atoms with van der Waals surface area (Å²) in [6, 6.07) is 16.7. The molecule has 1 amide bonds.